The lowest BCUT2D eigenvalue weighted by atomic mass is 10.1. The maximum atomic E-state index is 11.8. The molecule has 1 aromatic heterocycles. The second-order valence-corrected chi connectivity index (χ2v) is 5.79. The van der Waals surface area contributed by atoms with Crippen molar-refractivity contribution in [3.63, 3.8) is 0 Å². The summed E-state index contributed by atoms with van der Waals surface area (Å²) in [7, 11) is 0. The number of nitrogens with zero attached hydrogens (tertiary/aromatic N) is 2. The van der Waals surface area contributed by atoms with E-state index in [0.29, 0.717) is 6.61 Å². The van der Waals surface area contributed by atoms with Crippen molar-refractivity contribution in [2.24, 2.45) is 5.10 Å². The second-order valence-electron chi connectivity index (χ2n) is 4.76. The minimum atomic E-state index is -0.464. The van der Waals surface area contributed by atoms with Crippen LogP contribution in [0.3, 0.4) is 0 Å². The predicted octanol–water partition coefficient (Wildman–Crippen LogP) is 3.12. The lowest BCUT2D eigenvalue weighted by Gasteiger charge is -2.04. The number of nitrogens with one attached hydrogen (secondary N) is 1. The molecule has 2 aromatic carbocycles. The van der Waals surface area contributed by atoms with Gasteiger partial charge in [-0.05, 0) is 25.3 Å². The molecule has 0 saturated heterocycles. The number of fused-ring (bicyclic) bond motifs is 3. The van der Waals surface area contributed by atoms with Crippen LogP contribution in [0.5, 0.6) is 0 Å². The quantitative estimate of drug-likeness (QED) is 0.596. The van der Waals surface area contributed by atoms with E-state index in [4.69, 9.17) is 10.1 Å². The highest BCUT2D eigenvalue weighted by Gasteiger charge is 2.12. The third-order valence-electron chi connectivity index (χ3n) is 3.30. The Kier molecular flexibility index (Phi) is 3.77. The van der Waals surface area contributed by atoms with Gasteiger partial charge in [-0.15, -0.1) is 0 Å². The lowest BCUT2D eigenvalue weighted by Crippen LogP contribution is -2.18. The van der Waals surface area contributed by atoms with Crippen molar-refractivity contribution >= 4 is 44.0 Å². The number of thiazole rings is 1. The Hall–Kier alpha value is -2.47. The van der Waals surface area contributed by atoms with Crippen LogP contribution in [0, 0.1) is 5.41 Å². The van der Waals surface area contributed by atoms with Crippen LogP contribution < -0.4 is 4.80 Å². The minimum absolute atomic E-state index is 0.230. The molecule has 1 heterocycles. The van der Waals surface area contributed by atoms with Gasteiger partial charge in [0.05, 0.1) is 16.8 Å². The topological polar surface area (TPSA) is 67.4 Å². The number of hydrogen-bond acceptors (Lipinski definition) is 5. The van der Waals surface area contributed by atoms with Gasteiger partial charge in [-0.2, -0.15) is 5.10 Å². The monoisotopic (exact) mass is 313 g/mol. The number of esters is 1. The average molecular weight is 313 g/mol. The SMILES string of the molecule is CCOC(=O)/C(C)=N/n1c(=N)sc2ccc3ccccc3c21. The molecule has 5 nitrogen and oxygen atoms in total. The molecule has 0 amide bonds. The molecular formula is C16H15N3O2S. The molecular weight excluding hydrogens is 298 g/mol. The number of ether oxygens (including phenoxy) is 1. The molecule has 1 N–H and O–H groups in total. The van der Waals surface area contributed by atoms with Gasteiger partial charge in [0.2, 0.25) is 4.80 Å². The first-order valence-corrected chi connectivity index (χ1v) is 7.74. The highest BCUT2D eigenvalue weighted by molar-refractivity contribution is 7.16. The average Bonchev–Trinajstić information content (AvgIpc) is 2.84. The van der Waals surface area contributed by atoms with Gasteiger partial charge in [-0.1, -0.05) is 41.7 Å². The predicted molar refractivity (Wildman–Crippen MR) is 88.3 cm³/mol. The number of carbonyl (C=O) groups is 1. The van der Waals surface area contributed by atoms with Crippen molar-refractivity contribution in [2.45, 2.75) is 13.8 Å². The Morgan fingerprint density at radius 3 is 2.86 bits per heavy atom. The molecule has 0 aliphatic carbocycles. The van der Waals surface area contributed by atoms with E-state index in [1.54, 1.807) is 13.8 Å². The van der Waals surface area contributed by atoms with Crippen molar-refractivity contribution in [1.29, 1.82) is 5.41 Å². The summed E-state index contributed by atoms with van der Waals surface area (Å²) >= 11 is 1.33. The summed E-state index contributed by atoms with van der Waals surface area (Å²) in [4.78, 5) is 12.0. The maximum absolute atomic E-state index is 11.8. The summed E-state index contributed by atoms with van der Waals surface area (Å²) in [5, 5.41) is 14.5. The van der Waals surface area contributed by atoms with E-state index in [9.17, 15) is 4.79 Å². The van der Waals surface area contributed by atoms with Crippen LogP contribution in [0.25, 0.3) is 21.0 Å². The summed E-state index contributed by atoms with van der Waals surface area (Å²) in [5.41, 5.74) is 1.07. The van der Waals surface area contributed by atoms with Crippen molar-refractivity contribution in [1.82, 2.24) is 4.68 Å². The maximum Gasteiger partial charge on any atom is 0.354 e. The van der Waals surface area contributed by atoms with Gasteiger partial charge in [-0.25, -0.2) is 9.47 Å². The van der Waals surface area contributed by atoms with Gasteiger partial charge in [-0.3, -0.25) is 5.41 Å². The van der Waals surface area contributed by atoms with E-state index < -0.39 is 5.97 Å². The molecule has 6 heteroatoms. The largest absolute Gasteiger partial charge is 0.461 e. The molecule has 112 valence electrons. The molecule has 3 aromatic rings. The molecule has 0 radical (unpaired) electrons. The van der Waals surface area contributed by atoms with E-state index in [2.05, 4.69) is 5.10 Å². The third-order valence-corrected chi connectivity index (χ3v) is 4.21. The summed E-state index contributed by atoms with van der Waals surface area (Å²) in [6, 6.07) is 11.9. The molecule has 3 rings (SSSR count). The van der Waals surface area contributed by atoms with Gasteiger partial charge < -0.3 is 4.74 Å². The van der Waals surface area contributed by atoms with E-state index in [1.807, 2.05) is 36.4 Å². The molecule has 0 aliphatic rings. The van der Waals surface area contributed by atoms with E-state index in [0.717, 1.165) is 21.0 Å². The zero-order valence-electron chi connectivity index (χ0n) is 12.3. The van der Waals surface area contributed by atoms with Crippen LogP contribution in [-0.2, 0) is 9.53 Å². The van der Waals surface area contributed by atoms with Crippen LogP contribution in [0.15, 0.2) is 41.5 Å². The Balaban J connectivity index is 2.27. The van der Waals surface area contributed by atoms with Crippen LogP contribution in [0.2, 0.25) is 0 Å². The fraction of sp³-hybridized carbons (Fsp3) is 0.188. The molecule has 22 heavy (non-hydrogen) atoms. The minimum Gasteiger partial charge on any atom is -0.461 e. The molecule has 0 unspecified atom stereocenters. The van der Waals surface area contributed by atoms with Gasteiger partial charge in [0, 0.05) is 5.39 Å². The number of hydrogen-bond donors (Lipinski definition) is 1. The van der Waals surface area contributed by atoms with Crippen LogP contribution in [0.1, 0.15) is 13.8 Å². The highest BCUT2D eigenvalue weighted by Crippen LogP contribution is 2.26. The number of carbonyl (C=O) groups excluding carboxylic acids is 1. The van der Waals surface area contributed by atoms with Crippen molar-refractivity contribution in [2.75, 3.05) is 6.61 Å². The van der Waals surface area contributed by atoms with E-state index in [-0.39, 0.29) is 10.5 Å². The third kappa shape index (κ3) is 2.42. The van der Waals surface area contributed by atoms with Crippen molar-refractivity contribution < 1.29 is 9.53 Å². The van der Waals surface area contributed by atoms with E-state index in [1.165, 1.54) is 16.0 Å². The van der Waals surface area contributed by atoms with Crippen LogP contribution in [-0.4, -0.2) is 23.0 Å². The first-order chi connectivity index (χ1) is 10.6. The van der Waals surface area contributed by atoms with Crippen molar-refractivity contribution in [3.8, 4) is 0 Å². The highest BCUT2D eigenvalue weighted by atomic mass is 32.1. The molecule has 0 bridgehead atoms. The summed E-state index contributed by atoms with van der Waals surface area (Å²) in [6.07, 6.45) is 0. The zero-order chi connectivity index (χ0) is 15.7. The molecule has 0 aliphatic heterocycles. The van der Waals surface area contributed by atoms with E-state index >= 15 is 0 Å². The van der Waals surface area contributed by atoms with Crippen LogP contribution in [0.4, 0.5) is 0 Å². The molecule has 0 saturated carbocycles. The smallest absolute Gasteiger partial charge is 0.354 e. The first-order valence-electron chi connectivity index (χ1n) is 6.92. The Morgan fingerprint density at radius 2 is 2.09 bits per heavy atom. The lowest BCUT2D eigenvalue weighted by molar-refractivity contribution is -0.135. The standard InChI is InChI=1S/C16H15N3O2S/c1-3-21-15(20)10(2)18-19-14-12-7-5-4-6-11(12)8-9-13(14)22-16(19)17/h4-9,17H,3H2,1-2H3/b17-16?,18-10+. The number of rotatable bonds is 3. The zero-order valence-corrected chi connectivity index (χ0v) is 13.1. The Bertz CT molecular complexity index is 953. The summed E-state index contributed by atoms with van der Waals surface area (Å²) < 4.78 is 7.42. The van der Waals surface area contributed by atoms with Gasteiger partial charge in [0.15, 0.2) is 0 Å². The fourth-order valence-corrected chi connectivity index (χ4v) is 3.16. The summed E-state index contributed by atoms with van der Waals surface area (Å²) in [5.74, 6) is -0.464. The second kappa shape index (κ2) is 5.73. The first kappa shape index (κ1) is 14.5. The summed E-state index contributed by atoms with van der Waals surface area (Å²) in [6.45, 7) is 3.65. The fourth-order valence-electron chi connectivity index (χ4n) is 2.31. The van der Waals surface area contributed by atoms with Gasteiger partial charge in [0.1, 0.15) is 5.71 Å². The Labute approximate surface area is 131 Å². The normalized spacial score (nSPS) is 12.0. The number of benzene rings is 2. The van der Waals surface area contributed by atoms with Crippen LogP contribution >= 0.6 is 11.3 Å². The van der Waals surface area contributed by atoms with Gasteiger partial charge >= 0.3 is 5.97 Å². The molecule has 0 fully saturated rings. The molecule has 0 spiro atoms. The van der Waals surface area contributed by atoms with Gasteiger partial charge in [0.25, 0.3) is 0 Å². The Morgan fingerprint density at radius 1 is 1.32 bits per heavy atom. The number of aromatic nitrogens is 1. The van der Waals surface area contributed by atoms with Crippen molar-refractivity contribution in [3.05, 3.63) is 41.2 Å². The molecule has 0 atom stereocenters.